The monoisotopic (exact) mass is 401 g/mol. The lowest BCUT2D eigenvalue weighted by Gasteiger charge is -2.19. The number of fused-ring (bicyclic) bond motifs is 1. The molecular formula is C14H20N5O7P. The van der Waals surface area contributed by atoms with Crippen LogP contribution in [-0.2, 0) is 29.8 Å². The van der Waals surface area contributed by atoms with E-state index in [1.54, 1.807) is 17.8 Å². The van der Waals surface area contributed by atoms with E-state index in [0.29, 0.717) is 30.6 Å². The van der Waals surface area contributed by atoms with Crippen LogP contribution in [0.25, 0.3) is 11.2 Å². The molecule has 1 atom stereocenters. The minimum absolute atomic E-state index is 0.126. The Morgan fingerprint density at radius 3 is 2.89 bits per heavy atom. The number of ether oxygens (including phenoxy) is 3. The van der Waals surface area contributed by atoms with Gasteiger partial charge in [0.1, 0.15) is 11.9 Å². The van der Waals surface area contributed by atoms with E-state index in [1.807, 2.05) is 0 Å². The number of anilines is 1. The fraction of sp³-hybridized carbons (Fsp3) is 0.571. The largest absolute Gasteiger partial charge is 0.510 e. The molecule has 0 amide bonds. The Bertz CT molecular complexity index is 869. The van der Waals surface area contributed by atoms with E-state index in [-0.39, 0.29) is 12.6 Å². The van der Waals surface area contributed by atoms with Gasteiger partial charge in [-0.1, -0.05) is 0 Å². The molecular weight excluding hydrogens is 381 g/mol. The molecule has 0 bridgehead atoms. The predicted molar refractivity (Wildman–Crippen MR) is 91.5 cm³/mol. The first-order chi connectivity index (χ1) is 12.8. The van der Waals surface area contributed by atoms with Gasteiger partial charge < -0.3 is 29.4 Å². The summed E-state index contributed by atoms with van der Waals surface area (Å²) in [6, 6.07) is 0. The van der Waals surface area contributed by atoms with Gasteiger partial charge in [-0.2, -0.15) is 4.98 Å². The quantitative estimate of drug-likeness (QED) is 0.353. The maximum absolute atomic E-state index is 12.0. The second-order valence-corrected chi connectivity index (χ2v) is 7.77. The van der Waals surface area contributed by atoms with Crippen LogP contribution in [0.1, 0.15) is 19.8 Å². The number of nitrogens with two attached hydrogens (primary N) is 1. The zero-order valence-electron chi connectivity index (χ0n) is 14.6. The van der Waals surface area contributed by atoms with Gasteiger partial charge in [-0.3, -0.25) is 9.09 Å². The third-order valence-electron chi connectivity index (χ3n) is 3.87. The van der Waals surface area contributed by atoms with Crippen LogP contribution in [0.4, 0.5) is 10.7 Å². The average Bonchev–Trinajstić information content (AvgIpc) is 3.27. The van der Waals surface area contributed by atoms with Gasteiger partial charge in [0.15, 0.2) is 5.65 Å². The Morgan fingerprint density at radius 2 is 2.19 bits per heavy atom. The zero-order chi connectivity index (χ0) is 19.5. The second kappa shape index (κ2) is 7.77. The number of nitrogens with zero attached hydrogens (tertiary/aromatic N) is 4. The maximum Gasteiger partial charge on any atom is 0.510 e. The van der Waals surface area contributed by atoms with E-state index in [1.165, 1.54) is 6.20 Å². The summed E-state index contributed by atoms with van der Waals surface area (Å²) in [5, 5.41) is 0. The maximum atomic E-state index is 12.0. The van der Waals surface area contributed by atoms with E-state index < -0.39 is 32.5 Å². The summed E-state index contributed by atoms with van der Waals surface area (Å²) < 4.78 is 33.1. The van der Waals surface area contributed by atoms with Gasteiger partial charge in [-0.25, -0.2) is 14.8 Å². The van der Waals surface area contributed by atoms with Crippen LogP contribution < -0.4 is 5.73 Å². The number of aromatic nitrogens is 4. The third kappa shape index (κ3) is 5.13. The average molecular weight is 401 g/mol. The van der Waals surface area contributed by atoms with Crippen molar-refractivity contribution in [1.82, 2.24) is 19.5 Å². The van der Waals surface area contributed by atoms with Crippen molar-refractivity contribution in [1.29, 1.82) is 0 Å². The van der Waals surface area contributed by atoms with Gasteiger partial charge in [0, 0.05) is 0 Å². The summed E-state index contributed by atoms with van der Waals surface area (Å²) in [4.78, 5) is 33.0. The summed E-state index contributed by atoms with van der Waals surface area (Å²) in [7, 11) is -4.10. The molecule has 2 aromatic rings. The van der Waals surface area contributed by atoms with Gasteiger partial charge in [0.05, 0.1) is 31.3 Å². The molecule has 12 nitrogen and oxygen atoms in total. The first-order valence-corrected chi connectivity index (χ1v) is 9.92. The van der Waals surface area contributed by atoms with Crippen molar-refractivity contribution in [3.8, 4) is 0 Å². The lowest BCUT2D eigenvalue weighted by atomic mass is 10.3. The van der Waals surface area contributed by atoms with Crippen molar-refractivity contribution in [2.75, 3.05) is 25.5 Å². The number of hydrogen-bond donors (Lipinski definition) is 2. The smallest absolute Gasteiger partial charge is 0.435 e. The Kier molecular flexibility index (Phi) is 5.61. The number of nitrogen functional groups attached to an aromatic ring is 1. The summed E-state index contributed by atoms with van der Waals surface area (Å²) in [5.41, 5.74) is 6.14. The molecule has 3 N–H and O–H groups in total. The topological polar surface area (TPSA) is 161 Å². The van der Waals surface area contributed by atoms with Crippen molar-refractivity contribution in [2.24, 2.45) is 0 Å². The first kappa shape index (κ1) is 19.5. The molecule has 148 valence electrons. The van der Waals surface area contributed by atoms with Gasteiger partial charge in [0.2, 0.25) is 12.7 Å². The normalized spacial score (nSPS) is 17.4. The highest BCUT2D eigenvalue weighted by atomic mass is 31.2. The van der Waals surface area contributed by atoms with Crippen molar-refractivity contribution in [3.05, 3.63) is 12.5 Å². The van der Waals surface area contributed by atoms with Gasteiger partial charge in [0.25, 0.3) is 0 Å². The number of rotatable bonds is 9. The molecule has 3 rings (SSSR count). The summed E-state index contributed by atoms with van der Waals surface area (Å²) in [6.07, 6.45) is 2.99. The molecule has 2 aromatic heterocycles. The highest BCUT2D eigenvalue weighted by Gasteiger charge is 2.46. The SMILES string of the molecule is CCOC(=O)OCOP(=O)(O)COC1(Cn2cnc3cnc(N)nc32)CC1. The summed E-state index contributed by atoms with van der Waals surface area (Å²) in [6.45, 7) is 1.41. The van der Waals surface area contributed by atoms with Gasteiger partial charge >= 0.3 is 13.8 Å². The number of carbonyl (C=O) groups is 1. The Balaban J connectivity index is 1.53. The Morgan fingerprint density at radius 1 is 1.41 bits per heavy atom. The molecule has 2 heterocycles. The van der Waals surface area contributed by atoms with E-state index in [2.05, 4.69) is 24.4 Å². The molecule has 1 aliphatic carbocycles. The molecule has 0 saturated heterocycles. The molecule has 13 heteroatoms. The Labute approximate surface area is 154 Å². The molecule has 1 fully saturated rings. The van der Waals surface area contributed by atoms with Crippen molar-refractivity contribution >= 4 is 30.9 Å². The third-order valence-corrected chi connectivity index (χ3v) is 4.83. The van der Waals surface area contributed by atoms with Crippen molar-refractivity contribution < 1.29 is 33.0 Å². The van der Waals surface area contributed by atoms with Crippen LogP contribution in [0.15, 0.2) is 12.5 Å². The van der Waals surface area contributed by atoms with Crippen LogP contribution in [0.3, 0.4) is 0 Å². The van der Waals surface area contributed by atoms with E-state index in [9.17, 15) is 14.3 Å². The fourth-order valence-corrected chi connectivity index (χ4v) is 3.08. The first-order valence-electron chi connectivity index (χ1n) is 8.16. The fourth-order valence-electron chi connectivity index (χ4n) is 2.35. The van der Waals surface area contributed by atoms with Crippen molar-refractivity contribution in [2.45, 2.75) is 31.9 Å². The van der Waals surface area contributed by atoms with Gasteiger partial charge in [-0.05, 0) is 19.8 Å². The highest BCUT2D eigenvalue weighted by molar-refractivity contribution is 7.52. The number of carbonyl (C=O) groups excluding carboxylic acids is 1. The predicted octanol–water partition coefficient (Wildman–Crippen LogP) is 1.25. The standard InChI is InChI=1S/C14H20N5O7P/c1-2-23-13(20)24-8-26-27(21,22)9-25-14(3-4-14)6-19-7-17-10-5-16-12(15)18-11(10)19/h5,7H,2-4,6,8-9H2,1H3,(H,21,22)(H2,15,16,18). The zero-order valence-corrected chi connectivity index (χ0v) is 15.5. The highest BCUT2D eigenvalue weighted by Crippen LogP contribution is 2.48. The lowest BCUT2D eigenvalue weighted by molar-refractivity contribution is -0.00656. The van der Waals surface area contributed by atoms with Crippen LogP contribution in [0.5, 0.6) is 0 Å². The van der Waals surface area contributed by atoms with Crippen LogP contribution >= 0.6 is 7.60 Å². The van der Waals surface area contributed by atoms with Crippen LogP contribution in [0.2, 0.25) is 0 Å². The molecule has 0 aliphatic heterocycles. The van der Waals surface area contributed by atoms with Crippen LogP contribution in [-0.4, -0.2) is 55.9 Å². The second-order valence-electron chi connectivity index (χ2n) is 5.98. The van der Waals surface area contributed by atoms with Gasteiger partial charge in [-0.15, -0.1) is 0 Å². The van der Waals surface area contributed by atoms with Crippen LogP contribution in [0, 0.1) is 0 Å². The molecule has 1 aliphatic rings. The van der Waals surface area contributed by atoms with E-state index >= 15 is 0 Å². The number of hydrogen-bond acceptors (Lipinski definition) is 10. The molecule has 0 radical (unpaired) electrons. The Hall–Kier alpha value is -2.27. The number of imidazole rings is 1. The summed E-state index contributed by atoms with van der Waals surface area (Å²) in [5.74, 6) is 0.130. The summed E-state index contributed by atoms with van der Waals surface area (Å²) >= 11 is 0. The minimum atomic E-state index is -4.10. The molecule has 1 unspecified atom stereocenters. The molecule has 27 heavy (non-hydrogen) atoms. The van der Waals surface area contributed by atoms with E-state index in [0.717, 1.165) is 0 Å². The van der Waals surface area contributed by atoms with Crippen molar-refractivity contribution in [3.63, 3.8) is 0 Å². The molecule has 1 saturated carbocycles. The van der Waals surface area contributed by atoms with E-state index in [4.69, 9.17) is 15.0 Å². The molecule has 0 spiro atoms. The lowest BCUT2D eigenvalue weighted by Crippen LogP contribution is -2.23. The molecule has 0 aromatic carbocycles. The minimum Gasteiger partial charge on any atom is -0.435 e.